The third-order valence-corrected chi connectivity index (χ3v) is 4.46. The Labute approximate surface area is 142 Å². The topological polar surface area (TPSA) is 31.4 Å². The number of ether oxygens (including phenoxy) is 2. The standard InChI is InChI=1S/C21H21NO2/c1-3-15-8-14(2)9-16(10-15)12-23-21-20-18(13-24-21)11-17-6-4-5-7-19(17)22-20/h4-11,21H,3,12-13H2,1-2H3. The van der Waals surface area contributed by atoms with Crippen molar-refractivity contribution < 1.29 is 9.47 Å². The maximum absolute atomic E-state index is 6.03. The van der Waals surface area contributed by atoms with Crippen LogP contribution in [0.2, 0.25) is 0 Å². The van der Waals surface area contributed by atoms with E-state index in [9.17, 15) is 0 Å². The maximum Gasteiger partial charge on any atom is 0.202 e. The van der Waals surface area contributed by atoms with Crippen molar-refractivity contribution in [3.8, 4) is 0 Å². The molecular weight excluding hydrogens is 298 g/mol. The lowest BCUT2D eigenvalue weighted by atomic mass is 10.1. The van der Waals surface area contributed by atoms with Crippen molar-refractivity contribution in [2.24, 2.45) is 0 Å². The molecular formula is C21H21NO2. The summed E-state index contributed by atoms with van der Waals surface area (Å²) >= 11 is 0. The van der Waals surface area contributed by atoms with Gasteiger partial charge in [0.25, 0.3) is 0 Å². The Bertz CT molecular complexity index is 888. The van der Waals surface area contributed by atoms with Gasteiger partial charge >= 0.3 is 0 Å². The van der Waals surface area contributed by atoms with Gasteiger partial charge < -0.3 is 9.47 Å². The molecule has 1 aliphatic rings. The molecule has 122 valence electrons. The molecule has 0 aliphatic carbocycles. The first-order valence-electron chi connectivity index (χ1n) is 8.44. The van der Waals surface area contributed by atoms with Gasteiger partial charge in [0.2, 0.25) is 6.29 Å². The molecule has 1 aromatic heterocycles. The van der Waals surface area contributed by atoms with Crippen molar-refractivity contribution >= 4 is 10.9 Å². The van der Waals surface area contributed by atoms with Gasteiger partial charge in [0.1, 0.15) is 5.69 Å². The highest BCUT2D eigenvalue weighted by atomic mass is 16.7. The van der Waals surface area contributed by atoms with Crippen molar-refractivity contribution in [3.63, 3.8) is 0 Å². The van der Waals surface area contributed by atoms with E-state index in [1.54, 1.807) is 0 Å². The van der Waals surface area contributed by atoms with Crippen LogP contribution in [0.5, 0.6) is 0 Å². The average Bonchev–Trinajstić information content (AvgIpc) is 2.99. The molecule has 0 saturated heterocycles. The molecule has 1 atom stereocenters. The number of benzene rings is 2. The lowest BCUT2D eigenvalue weighted by Crippen LogP contribution is -2.05. The zero-order valence-corrected chi connectivity index (χ0v) is 14.1. The quantitative estimate of drug-likeness (QED) is 0.689. The lowest BCUT2D eigenvalue weighted by molar-refractivity contribution is -0.147. The number of aryl methyl sites for hydroxylation is 2. The summed E-state index contributed by atoms with van der Waals surface area (Å²) < 4.78 is 11.9. The molecule has 0 N–H and O–H groups in total. The van der Waals surface area contributed by atoms with E-state index in [0.29, 0.717) is 13.2 Å². The Morgan fingerprint density at radius 3 is 2.83 bits per heavy atom. The largest absolute Gasteiger partial charge is 0.342 e. The summed E-state index contributed by atoms with van der Waals surface area (Å²) in [5.41, 5.74) is 6.81. The summed E-state index contributed by atoms with van der Waals surface area (Å²) in [5, 5.41) is 1.15. The molecule has 0 radical (unpaired) electrons. The first-order valence-corrected chi connectivity index (χ1v) is 8.44. The van der Waals surface area contributed by atoms with Crippen molar-refractivity contribution in [2.75, 3.05) is 0 Å². The summed E-state index contributed by atoms with van der Waals surface area (Å²) in [4.78, 5) is 4.75. The number of para-hydroxylation sites is 1. The second-order valence-electron chi connectivity index (χ2n) is 6.36. The number of aromatic nitrogens is 1. The summed E-state index contributed by atoms with van der Waals surface area (Å²) in [7, 11) is 0. The van der Waals surface area contributed by atoms with Crippen LogP contribution >= 0.6 is 0 Å². The van der Waals surface area contributed by atoms with Crippen LogP contribution in [-0.4, -0.2) is 4.98 Å². The fourth-order valence-corrected chi connectivity index (χ4v) is 3.27. The third-order valence-electron chi connectivity index (χ3n) is 4.46. The van der Waals surface area contributed by atoms with Crippen LogP contribution in [-0.2, 0) is 29.1 Å². The zero-order valence-electron chi connectivity index (χ0n) is 14.1. The number of fused-ring (bicyclic) bond motifs is 2. The minimum Gasteiger partial charge on any atom is -0.342 e. The van der Waals surface area contributed by atoms with Crippen LogP contribution in [0, 0.1) is 6.92 Å². The average molecular weight is 319 g/mol. The Morgan fingerprint density at radius 1 is 1.12 bits per heavy atom. The number of nitrogens with zero attached hydrogens (tertiary/aromatic N) is 1. The molecule has 2 heterocycles. The smallest absolute Gasteiger partial charge is 0.202 e. The van der Waals surface area contributed by atoms with E-state index in [0.717, 1.165) is 28.6 Å². The van der Waals surface area contributed by atoms with E-state index in [1.807, 2.05) is 18.2 Å². The highest BCUT2D eigenvalue weighted by molar-refractivity contribution is 5.79. The van der Waals surface area contributed by atoms with Crippen molar-refractivity contribution in [1.82, 2.24) is 4.98 Å². The third kappa shape index (κ3) is 2.93. The fraction of sp³-hybridized carbons (Fsp3) is 0.286. The Morgan fingerprint density at radius 2 is 1.96 bits per heavy atom. The first kappa shape index (κ1) is 15.3. The minimum absolute atomic E-state index is 0.379. The molecule has 0 amide bonds. The zero-order chi connectivity index (χ0) is 16.5. The van der Waals surface area contributed by atoms with Crippen LogP contribution in [0.25, 0.3) is 10.9 Å². The van der Waals surface area contributed by atoms with E-state index in [-0.39, 0.29) is 6.29 Å². The Hall–Kier alpha value is -2.23. The minimum atomic E-state index is -0.379. The number of hydrogen-bond acceptors (Lipinski definition) is 3. The maximum atomic E-state index is 6.03. The predicted octanol–water partition coefficient (Wildman–Crippen LogP) is 4.85. The van der Waals surface area contributed by atoms with Gasteiger partial charge in [-0.1, -0.05) is 48.9 Å². The van der Waals surface area contributed by atoms with Crippen LogP contribution in [0.1, 0.15) is 41.2 Å². The molecule has 0 fully saturated rings. The normalized spacial score (nSPS) is 16.5. The molecule has 0 bridgehead atoms. The molecule has 2 aromatic carbocycles. The Kier molecular flexibility index (Phi) is 4.05. The molecule has 3 aromatic rings. The summed E-state index contributed by atoms with van der Waals surface area (Å²) in [5.74, 6) is 0. The summed E-state index contributed by atoms with van der Waals surface area (Å²) in [6.45, 7) is 5.39. The van der Waals surface area contributed by atoms with Crippen LogP contribution in [0.15, 0.2) is 48.5 Å². The summed E-state index contributed by atoms with van der Waals surface area (Å²) in [6.07, 6.45) is 0.653. The lowest BCUT2D eigenvalue weighted by Gasteiger charge is -2.13. The van der Waals surface area contributed by atoms with Crippen LogP contribution in [0.3, 0.4) is 0 Å². The van der Waals surface area contributed by atoms with Gasteiger partial charge in [0.15, 0.2) is 0 Å². The van der Waals surface area contributed by atoms with Gasteiger partial charge in [0.05, 0.1) is 18.7 Å². The van der Waals surface area contributed by atoms with Gasteiger partial charge in [-0.05, 0) is 36.6 Å². The second kappa shape index (κ2) is 6.34. The molecule has 4 rings (SSSR count). The highest BCUT2D eigenvalue weighted by Gasteiger charge is 2.26. The van der Waals surface area contributed by atoms with Crippen LogP contribution in [0.4, 0.5) is 0 Å². The molecule has 3 heteroatoms. The molecule has 3 nitrogen and oxygen atoms in total. The van der Waals surface area contributed by atoms with Crippen molar-refractivity contribution in [1.29, 1.82) is 0 Å². The SMILES string of the molecule is CCc1cc(C)cc(COC2OCc3cc4ccccc4nc32)c1. The monoisotopic (exact) mass is 319 g/mol. The van der Waals surface area contributed by atoms with Crippen molar-refractivity contribution in [2.45, 2.75) is 39.8 Å². The van der Waals surface area contributed by atoms with E-state index in [1.165, 1.54) is 16.7 Å². The molecule has 24 heavy (non-hydrogen) atoms. The summed E-state index contributed by atoms with van der Waals surface area (Å²) in [6, 6.07) is 16.9. The molecule has 0 saturated carbocycles. The number of hydrogen-bond donors (Lipinski definition) is 0. The van der Waals surface area contributed by atoms with Crippen molar-refractivity contribution in [3.05, 3.63) is 76.5 Å². The Balaban J connectivity index is 1.55. The predicted molar refractivity (Wildman–Crippen MR) is 94.6 cm³/mol. The molecule has 1 aliphatic heterocycles. The fourth-order valence-electron chi connectivity index (χ4n) is 3.27. The van der Waals surface area contributed by atoms with E-state index >= 15 is 0 Å². The molecule has 1 unspecified atom stereocenters. The molecule has 0 spiro atoms. The van der Waals surface area contributed by atoms with Gasteiger partial charge in [-0.15, -0.1) is 0 Å². The van der Waals surface area contributed by atoms with E-state index in [4.69, 9.17) is 14.5 Å². The van der Waals surface area contributed by atoms with E-state index < -0.39 is 0 Å². The first-order chi connectivity index (χ1) is 11.7. The van der Waals surface area contributed by atoms with Gasteiger partial charge in [-0.2, -0.15) is 0 Å². The number of rotatable bonds is 4. The second-order valence-corrected chi connectivity index (χ2v) is 6.36. The van der Waals surface area contributed by atoms with Gasteiger partial charge in [-0.3, -0.25) is 0 Å². The van der Waals surface area contributed by atoms with Crippen LogP contribution < -0.4 is 0 Å². The highest BCUT2D eigenvalue weighted by Crippen LogP contribution is 2.33. The van der Waals surface area contributed by atoms with Gasteiger partial charge in [0, 0.05) is 10.9 Å². The van der Waals surface area contributed by atoms with E-state index in [2.05, 4.69) is 44.2 Å². The number of pyridine rings is 1. The van der Waals surface area contributed by atoms with Gasteiger partial charge in [-0.25, -0.2) is 4.98 Å².